The third-order valence-corrected chi connectivity index (χ3v) is 6.03. The summed E-state index contributed by atoms with van der Waals surface area (Å²) in [6, 6.07) is 11.7. The van der Waals surface area contributed by atoms with Crippen LogP contribution < -0.4 is 20.1 Å². The number of methoxy groups -OCH3 is 1. The number of carbonyl (C=O) groups excluding carboxylic acids is 1. The van der Waals surface area contributed by atoms with Gasteiger partial charge >= 0.3 is 0 Å². The van der Waals surface area contributed by atoms with Crippen molar-refractivity contribution in [3.8, 4) is 11.5 Å². The monoisotopic (exact) mass is 625 g/mol. The molecule has 0 aliphatic carbocycles. The van der Waals surface area contributed by atoms with Gasteiger partial charge in [0.05, 0.1) is 23.9 Å². The van der Waals surface area contributed by atoms with Crippen LogP contribution in [0.25, 0.3) is 0 Å². The zero-order valence-electron chi connectivity index (χ0n) is 19.6. The summed E-state index contributed by atoms with van der Waals surface area (Å²) < 4.78 is 17.6. The van der Waals surface area contributed by atoms with Gasteiger partial charge in [0.2, 0.25) is 0 Å². The van der Waals surface area contributed by atoms with Gasteiger partial charge in [-0.2, -0.15) is 0 Å². The second kappa shape index (κ2) is 16.4. The van der Waals surface area contributed by atoms with Crippen molar-refractivity contribution < 1.29 is 19.0 Å². The predicted molar refractivity (Wildman–Crippen MR) is 149 cm³/mol. The fraction of sp³-hybridized carbons (Fsp3) is 0.458. The SMILES string of the molecule is COc1cc(CNCCCN2CCOCC2)cc(I)c1OCC(=O)Nc1ccc(C)cc1.Cl.Cl. The summed E-state index contributed by atoms with van der Waals surface area (Å²) in [5.74, 6) is 1.01. The van der Waals surface area contributed by atoms with Crippen LogP contribution in [0.15, 0.2) is 36.4 Å². The molecule has 10 heteroatoms. The van der Waals surface area contributed by atoms with Gasteiger partial charge in [-0.1, -0.05) is 17.7 Å². The summed E-state index contributed by atoms with van der Waals surface area (Å²) in [5.41, 5.74) is 3.01. The standard InChI is InChI=1S/C24H32IN3O4.2ClH/c1-18-4-6-20(7-5-18)27-23(29)17-32-24-21(25)14-19(15-22(24)30-2)16-26-8-3-9-28-10-12-31-13-11-28;;/h4-7,14-15,26H,3,8-13,16-17H2,1-2H3,(H,27,29);2*1H. The molecule has 0 saturated carbocycles. The molecule has 1 aliphatic rings. The Hall–Kier alpha value is -1.30. The molecular formula is C24H34Cl2IN3O4. The number of halogens is 3. The van der Waals surface area contributed by atoms with Crippen LogP contribution in [0.3, 0.4) is 0 Å². The number of rotatable bonds is 11. The molecule has 1 aliphatic heterocycles. The van der Waals surface area contributed by atoms with Gasteiger partial charge < -0.3 is 24.8 Å². The third kappa shape index (κ3) is 10.1. The molecule has 34 heavy (non-hydrogen) atoms. The topological polar surface area (TPSA) is 72.1 Å². The number of nitrogens with one attached hydrogen (secondary N) is 2. The van der Waals surface area contributed by atoms with Gasteiger partial charge in [0.25, 0.3) is 5.91 Å². The van der Waals surface area contributed by atoms with E-state index < -0.39 is 0 Å². The Bertz CT molecular complexity index is 881. The average Bonchev–Trinajstić information content (AvgIpc) is 2.80. The minimum Gasteiger partial charge on any atom is -0.493 e. The quantitative estimate of drug-likeness (QED) is 0.287. The zero-order valence-corrected chi connectivity index (χ0v) is 23.4. The number of carbonyl (C=O) groups is 1. The first-order chi connectivity index (χ1) is 15.5. The summed E-state index contributed by atoms with van der Waals surface area (Å²) in [7, 11) is 1.62. The molecule has 0 aromatic heterocycles. The highest BCUT2D eigenvalue weighted by atomic mass is 127. The van der Waals surface area contributed by atoms with Crippen LogP contribution in [0.1, 0.15) is 17.5 Å². The van der Waals surface area contributed by atoms with E-state index in [4.69, 9.17) is 14.2 Å². The maximum absolute atomic E-state index is 12.3. The van der Waals surface area contributed by atoms with Gasteiger partial charge in [-0.15, -0.1) is 24.8 Å². The van der Waals surface area contributed by atoms with E-state index >= 15 is 0 Å². The second-order valence-corrected chi connectivity index (χ2v) is 8.96. The molecule has 2 aromatic carbocycles. The van der Waals surface area contributed by atoms with Crippen molar-refractivity contribution in [1.29, 1.82) is 0 Å². The van der Waals surface area contributed by atoms with Crippen LogP contribution in [0.5, 0.6) is 11.5 Å². The molecule has 3 rings (SSSR count). The van der Waals surface area contributed by atoms with E-state index in [2.05, 4.69) is 44.2 Å². The van der Waals surface area contributed by atoms with E-state index in [1.54, 1.807) is 7.11 Å². The van der Waals surface area contributed by atoms with Crippen LogP contribution in [0.2, 0.25) is 0 Å². The molecule has 7 nitrogen and oxygen atoms in total. The number of hydrogen-bond donors (Lipinski definition) is 2. The van der Waals surface area contributed by atoms with Gasteiger partial charge in [0.15, 0.2) is 18.1 Å². The van der Waals surface area contributed by atoms with Crippen LogP contribution in [-0.2, 0) is 16.1 Å². The van der Waals surface area contributed by atoms with E-state index in [-0.39, 0.29) is 37.3 Å². The van der Waals surface area contributed by atoms with Crippen LogP contribution >= 0.6 is 47.4 Å². The molecule has 0 atom stereocenters. The van der Waals surface area contributed by atoms with Crippen molar-refractivity contribution in [2.45, 2.75) is 19.9 Å². The number of aryl methyl sites for hydroxylation is 1. The van der Waals surface area contributed by atoms with Crippen LogP contribution in [0, 0.1) is 10.5 Å². The van der Waals surface area contributed by atoms with Gasteiger partial charge in [0, 0.05) is 25.3 Å². The number of hydrogen-bond acceptors (Lipinski definition) is 6. The van der Waals surface area contributed by atoms with E-state index in [9.17, 15) is 4.79 Å². The summed E-state index contributed by atoms with van der Waals surface area (Å²) >= 11 is 2.22. The Labute approximate surface area is 228 Å². The lowest BCUT2D eigenvalue weighted by atomic mass is 10.2. The van der Waals surface area contributed by atoms with E-state index in [0.717, 1.165) is 72.7 Å². The highest BCUT2D eigenvalue weighted by Gasteiger charge is 2.14. The summed E-state index contributed by atoms with van der Waals surface area (Å²) in [5, 5.41) is 6.34. The number of nitrogens with zero attached hydrogens (tertiary/aromatic N) is 1. The molecule has 190 valence electrons. The van der Waals surface area contributed by atoms with Crippen molar-refractivity contribution in [2.75, 3.05) is 58.4 Å². The smallest absolute Gasteiger partial charge is 0.262 e. The molecular weight excluding hydrogens is 592 g/mol. The second-order valence-electron chi connectivity index (χ2n) is 7.80. The van der Waals surface area contributed by atoms with Crippen molar-refractivity contribution in [3.63, 3.8) is 0 Å². The fourth-order valence-electron chi connectivity index (χ4n) is 3.47. The van der Waals surface area contributed by atoms with Crippen molar-refractivity contribution in [2.24, 2.45) is 0 Å². The minimum atomic E-state index is -0.210. The first-order valence-electron chi connectivity index (χ1n) is 10.9. The lowest BCUT2D eigenvalue weighted by Crippen LogP contribution is -2.37. The summed E-state index contributed by atoms with van der Waals surface area (Å²) in [4.78, 5) is 14.7. The maximum atomic E-state index is 12.3. The molecule has 2 N–H and O–H groups in total. The zero-order chi connectivity index (χ0) is 22.8. The number of morpholine rings is 1. The Morgan fingerprint density at radius 1 is 1.15 bits per heavy atom. The van der Waals surface area contributed by atoms with Crippen molar-refractivity contribution in [1.82, 2.24) is 10.2 Å². The summed E-state index contributed by atoms with van der Waals surface area (Å²) in [6.45, 7) is 8.46. The molecule has 0 bridgehead atoms. The normalized spacial score (nSPS) is 13.4. The van der Waals surface area contributed by atoms with Gasteiger partial charge in [0.1, 0.15) is 0 Å². The largest absolute Gasteiger partial charge is 0.493 e. The molecule has 1 heterocycles. The predicted octanol–water partition coefficient (Wildman–Crippen LogP) is 4.28. The van der Waals surface area contributed by atoms with Crippen LogP contribution in [-0.4, -0.2) is 63.9 Å². The molecule has 0 spiro atoms. The highest BCUT2D eigenvalue weighted by Crippen LogP contribution is 2.34. The Morgan fingerprint density at radius 3 is 2.53 bits per heavy atom. The Balaban J connectivity index is 0.00000289. The summed E-state index contributed by atoms with van der Waals surface area (Å²) in [6.07, 6.45) is 1.10. The van der Waals surface area contributed by atoms with Crippen molar-refractivity contribution in [3.05, 3.63) is 51.1 Å². The van der Waals surface area contributed by atoms with E-state index in [1.807, 2.05) is 37.3 Å². The van der Waals surface area contributed by atoms with Gasteiger partial charge in [-0.25, -0.2) is 0 Å². The number of anilines is 1. The molecule has 0 unspecified atom stereocenters. The average molecular weight is 626 g/mol. The van der Waals surface area contributed by atoms with Crippen molar-refractivity contribution >= 4 is 59.0 Å². The lowest BCUT2D eigenvalue weighted by Gasteiger charge is -2.26. The number of ether oxygens (including phenoxy) is 3. The molecule has 1 fully saturated rings. The van der Waals surface area contributed by atoms with E-state index in [0.29, 0.717) is 11.5 Å². The Morgan fingerprint density at radius 2 is 1.85 bits per heavy atom. The third-order valence-electron chi connectivity index (χ3n) is 5.23. The Kier molecular flexibility index (Phi) is 14.8. The lowest BCUT2D eigenvalue weighted by molar-refractivity contribution is -0.118. The highest BCUT2D eigenvalue weighted by molar-refractivity contribution is 14.1. The molecule has 1 saturated heterocycles. The number of amides is 1. The molecule has 1 amide bonds. The number of benzene rings is 2. The van der Waals surface area contributed by atoms with E-state index in [1.165, 1.54) is 0 Å². The van der Waals surface area contributed by atoms with Crippen LogP contribution in [0.4, 0.5) is 5.69 Å². The van der Waals surface area contributed by atoms with Gasteiger partial charge in [-0.05, 0) is 78.9 Å². The van der Waals surface area contributed by atoms with Gasteiger partial charge in [-0.3, -0.25) is 9.69 Å². The molecule has 2 aromatic rings. The first-order valence-corrected chi connectivity index (χ1v) is 12.0. The minimum absolute atomic E-state index is 0. The first kappa shape index (κ1) is 30.7. The fourth-order valence-corrected chi connectivity index (χ4v) is 4.29. The maximum Gasteiger partial charge on any atom is 0.262 e. The molecule has 0 radical (unpaired) electrons.